The van der Waals surface area contributed by atoms with Crippen molar-refractivity contribution in [3.8, 4) is 11.8 Å². The van der Waals surface area contributed by atoms with Gasteiger partial charge in [-0.25, -0.2) is 0 Å². The third kappa shape index (κ3) is 5.12. The van der Waals surface area contributed by atoms with Gasteiger partial charge in [-0.2, -0.15) is 0 Å². The standard InChI is InChI=1S/C21H24/c1-3-5-6-7-19-12-14-21(15-13-19)17-16-20-10-8-18(4-2)9-11-20/h8-15H,3-7H2,1-2H3. The largest absolute Gasteiger partial charge is 0.0654 e. The molecule has 0 unspecified atom stereocenters. The Morgan fingerprint density at radius 1 is 0.667 bits per heavy atom. The highest BCUT2D eigenvalue weighted by atomic mass is 14.0. The summed E-state index contributed by atoms with van der Waals surface area (Å²) in [4.78, 5) is 0. The van der Waals surface area contributed by atoms with Crippen molar-refractivity contribution in [3.05, 3.63) is 70.8 Å². The molecule has 108 valence electrons. The molecule has 0 heterocycles. The second-order valence-corrected chi connectivity index (χ2v) is 5.45. The molecular formula is C21H24. The Morgan fingerprint density at radius 2 is 1.19 bits per heavy atom. The monoisotopic (exact) mass is 276 g/mol. The lowest BCUT2D eigenvalue weighted by Crippen LogP contribution is -1.85. The Kier molecular flexibility index (Phi) is 6.10. The van der Waals surface area contributed by atoms with Gasteiger partial charge in [-0.1, -0.05) is 62.8 Å². The van der Waals surface area contributed by atoms with E-state index in [-0.39, 0.29) is 0 Å². The molecule has 0 saturated heterocycles. The molecule has 0 nitrogen and oxygen atoms in total. The number of unbranched alkanes of at least 4 members (excludes halogenated alkanes) is 2. The van der Waals surface area contributed by atoms with E-state index in [9.17, 15) is 0 Å². The molecule has 0 atom stereocenters. The number of aryl methyl sites for hydroxylation is 2. The van der Waals surface area contributed by atoms with Crippen LogP contribution in [0.15, 0.2) is 48.5 Å². The van der Waals surface area contributed by atoms with Gasteiger partial charge >= 0.3 is 0 Å². The Labute approximate surface area is 129 Å². The molecule has 0 aromatic heterocycles. The minimum Gasteiger partial charge on any atom is -0.0654 e. The topological polar surface area (TPSA) is 0 Å². The average molecular weight is 276 g/mol. The molecule has 0 bridgehead atoms. The quantitative estimate of drug-likeness (QED) is 0.508. The smallest absolute Gasteiger partial charge is 0.0249 e. The molecule has 0 aliphatic carbocycles. The predicted octanol–water partition coefficient (Wildman–Crippen LogP) is 5.38. The SMILES string of the molecule is CCCCCc1ccc(C#Cc2ccc(CC)cc2)cc1. The Balaban J connectivity index is 1.98. The average Bonchev–Trinajstić information content (AvgIpc) is 2.55. The molecule has 0 aliphatic heterocycles. The van der Waals surface area contributed by atoms with Crippen LogP contribution in [-0.2, 0) is 12.8 Å². The second-order valence-electron chi connectivity index (χ2n) is 5.45. The van der Waals surface area contributed by atoms with Gasteiger partial charge < -0.3 is 0 Å². The van der Waals surface area contributed by atoms with Gasteiger partial charge in [0.1, 0.15) is 0 Å². The zero-order valence-corrected chi connectivity index (χ0v) is 13.2. The Hall–Kier alpha value is -2.00. The maximum absolute atomic E-state index is 3.24. The van der Waals surface area contributed by atoms with Gasteiger partial charge in [0.2, 0.25) is 0 Å². The first-order valence-electron chi connectivity index (χ1n) is 8.01. The van der Waals surface area contributed by atoms with E-state index in [0.717, 1.165) is 17.5 Å². The molecule has 2 aromatic carbocycles. The molecule has 2 aromatic rings. The summed E-state index contributed by atoms with van der Waals surface area (Å²) < 4.78 is 0. The summed E-state index contributed by atoms with van der Waals surface area (Å²) in [6.07, 6.45) is 6.13. The van der Waals surface area contributed by atoms with Gasteiger partial charge in [0, 0.05) is 11.1 Å². The first-order valence-corrected chi connectivity index (χ1v) is 8.01. The van der Waals surface area contributed by atoms with Crippen LogP contribution in [0.5, 0.6) is 0 Å². The fourth-order valence-corrected chi connectivity index (χ4v) is 2.30. The van der Waals surface area contributed by atoms with E-state index < -0.39 is 0 Å². The summed E-state index contributed by atoms with van der Waals surface area (Å²) in [5, 5.41) is 0. The van der Waals surface area contributed by atoms with Crippen molar-refractivity contribution in [2.45, 2.75) is 46.0 Å². The Bertz CT molecular complexity index is 591. The van der Waals surface area contributed by atoms with Gasteiger partial charge in [-0.05, 0) is 54.7 Å². The molecule has 0 heteroatoms. The summed E-state index contributed by atoms with van der Waals surface area (Å²) in [6.45, 7) is 4.41. The summed E-state index contributed by atoms with van der Waals surface area (Å²) >= 11 is 0. The molecule has 0 N–H and O–H groups in total. The van der Waals surface area contributed by atoms with E-state index in [1.807, 2.05) is 0 Å². The number of hydrogen-bond donors (Lipinski definition) is 0. The maximum Gasteiger partial charge on any atom is 0.0249 e. The lowest BCUT2D eigenvalue weighted by atomic mass is 10.1. The highest BCUT2D eigenvalue weighted by molar-refractivity contribution is 5.44. The van der Waals surface area contributed by atoms with Crippen molar-refractivity contribution in [3.63, 3.8) is 0 Å². The van der Waals surface area contributed by atoms with E-state index in [1.54, 1.807) is 0 Å². The van der Waals surface area contributed by atoms with E-state index in [0.29, 0.717) is 0 Å². The second kappa shape index (κ2) is 8.32. The summed E-state index contributed by atoms with van der Waals surface area (Å²) in [7, 11) is 0. The molecule has 0 fully saturated rings. The van der Waals surface area contributed by atoms with E-state index in [4.69, 9.17) is 0 Å². The van der Waals surface area contributed by atoms with E-state index in [2.05, 4.69) is 74.2 Å². The van der Waals surface area contributed by atoms with Crippen molar-refractivity contribution in [1.82, 2.24) is 0 Å². The summed E-state index contributed by atoms with van der Waals surface area (Å²) in [6, 6.07) is 17.2. The molecule has 0 amide bonds. The zero-order chi connectivity index (χ0) is 14.9. The first-order chi connectivity index (χ1) is 10.3. The van der Waals surface area contributed by atoms with E-state index in [1.165, 1.54) is 36.8 Å². The van der Waals surface area contributed by atoms with Crippen LogP contribution in [0.25, 0.3) is 0 Å². The minimum atomic E-state index is 1.08. The van der Waals surface area contributed by atoms with Gasteiger partial charge in [-0.15, -0.1) is 0 Å². The molecule has 2 rings (SSSR count). The van der Waals surface area contributed by atoms with Crippen LogP contribution in [-0.4, -0.2) is 0 Å². The highest BCUT2D eigenvalue weighted by Crippen LogP contribution is 2.09. The van der Waals surface area contributed by atoms with Gasteiger partial charge in [-0.3, -0.25) is 0 Å². The van der Waals surface area contributed by atoms with Crippen LogP contribution in [0, 0.1) is 11.8 Å². The van der Waals surface area contributed by atoms with Crippen LogP contribution in [0.1, 0.15) is 55.4 Å². The maximum atomic E-state index is 3.24. The van der Waals surface area contributed by atoms with E-state index >= 15 is 0 Å². The van der Waals surface area contributed by atoms with Crippen molar-refractivity contribution >= 4 is 0 Å². The van der Waals surface area contributed by atoms with Crippen LogP contribution in [0.2, 0.25) is 0 Å². The first kappa shape index (κ1) is 15.4. The van der Waals surface area contributed by atoms with Crippen LogP contribution >= 0.6 is 0 Å². The molecule has 21 heavy (non-hydrogen) atoms. The normalized spacial score (nSPS) is 10.0. The third-order valence-electron chi connectivity index (χ3n) is 3.74. The van der Waals surface area contributed by atoms with Crippen molar-refractivity contribution in [1.29, 1.82) is 0 Å². The van der Waals surface area contributed by atoms with Gasteiger partial charge in [0.25, 0.3) is 0 Å². The number of rotatable bonds is 5. The number of hydrogen-bond acceptors (Lipinski definition) is 0. The van der Waals surface area contributed by atoms with Gasteiger partial charge in [0.15, 0.2) is 0 Å². The highest BCUT2D eigenvalue weighted by Gasteiger charge is 1.94. The molecule has 0 spiro atoms. The molecule has 0 saturated carbocycles. The van der Waals surface area contributed by atoms with Crippen molar-refractivity contribution < 1.29 is 0 Å². The molecule has 0 radical (unpaired) electrons. The molecule has 0 aliphatic rings. The predicted molar refractivity (Wildman–Crippen MR) is 91.5 cm³/mol. The Morgan fingerprint density at radius 3 is 1.67 bits per heavy atom. The van der Waals surface area contributed by atoms with Crippen molar-refractivity contribution in [2.75, 3.05) is 0 Å². The van der Waals surface area contributed by atoms with Crippen LogP contribution in [0.3, 0.4) is 0 Å². The van der Waals surface area contributed by atoms with Gasteiger partial charge in [0.05, 0.1) is 0 Å². The third-order valence-corrected chi connectivity index (χ3v) is 3.74. The zero-order valence-electron chi connectivity index (χ0n) is 13.2. The molecular weight excluding hydrogens is 252 g/mol. The van der Waals surface area contributed by atoms with Crippen molar-refractivity contribution in [2.24, 2.45) is 0 Å². The lowest BCUT2D eigenvalue weighted by molar-refractivity contribution is 0.717. The lowest BCUT2D eigenvalue weighted by Gasteiger charge is -2.00. The summed E-state index contributed by atoms with van der Waals surface area (Å²) in [5.41, 5.74) is 4.95. The fourth-order valence-electron chi connectivity index (χ4n) is 2.30. The van der Waals surface area contributed by atoms with Crippen LogP contribution < -0.4 is 0 Å². The minimum absolute atomic E-state index is 1.08. The summed E-state index contributed by atoms with van der Waals surface area (Å²) in [5.74, 6) is 6.48. The van der Waals surface area contributed by atoms with Crippen LogP contribution in [0.4, 0.5) is 0 Å². The fraction of sp³-hybridized carbons (Fsp3) is 0.333. The number of benzene rings is 2.